The molecule has 27 heteroatoms. The van der Waals surface area contributed by atoms with Crippen molar-refractivity contribution in [1.82, 2.24) is 47.9 Å². The number of carboxylic acids is 2. The molecule has 0 aromatic rings. The van der Waals surface area contributed by atoms with Gasteiger partial charge in [0.2, 0.25) is 59.1 Å². The molecule has 1 fully saturated rings. The summed E-state index contributed by atoms with van der Waals surface area (Å²) < 4.78 is 0. The predicted octanol–water partition coefficient (Wildman–Crippen LogP) is -9.35. The highest BCUT2D eigenvalue weighted by molar-refractivity contribution is 5.98. The lowest BCUT2D eigenvalue weighted by Crippen LogP contribution is -2.59. The van der Waals surface area contributed by atoms with Gasteiger partial charge < -0.3 is 79.7 Å². The zero-order valence-electron chi connectivity index (χ0n) is 32.7. The van der Waals surface area contributed by atoms with Gasteiger partial charge in [0.25, 0.3) is 0 Å². The number of unbranched alkanes of at least 4 members (excludes halogenated alkanes) is 1. The van der Waals surface area contributed by atoms with Gasteiger partial charge in [-0.15, -0.1) is 0 Å². The van der Waals surface area contributed by atoms with Crippen LogP contribution in [0, 0.1) is 0 Å². The zero-order valence-corrected chi connectivity index (χ0v) is 32.7. The van der Waals surface area contributed by atoms with Crippen LogP contribution in [0.2, 0.25) is 0 Å². The molecule has 60 heavy (non-hydrogen) atoms. The van der Waals surface area contributed by atoms with Crippen molar-refractivity contribution in [3.8, 4) is 0 Å². The summed E-state index contributed by atoms with van der Waals surface area (Å²) in [5.74, 6) is -12.2. The lowest BCUT2D eigenvalue weighted by Gasteiger charge is -2.25. The Bertz CT molecular complexity index is 1610. The first-order chi connectivity index (χ1) is 28.2. The monoisotopic (exact) mass is 860 g/mol. The van der Waals surface area contributed by atoms with Gasteiger partial charge in [-0.3, -0.25) is 52.7 Å². The maximum atomic E-state index is 13.3. The summed E-state index contributed by atoms with van der Waals surface area (Å²) >= 11 is 0. The minimum absolute atomic E-state index is 0.0442. The fourth-order valence-corrected chi connectivity index (χ4v) is 5.20. The molecule has 0 aromatic heterocycles. The van der Waals surface area contributed by atoms with Gasteiger partial charge in [-0.1, -0.05) is 0 Å². The molecule has 1 aliphatic heterocycles. The van der Waals surface area contributed by atoms with E-state index in [2.05, 4.69) is 43.0 Å². The SMILES string of the molecule is C[C@H](NC(=O)[C@@H]1CCC(=O)N1)C(=O)N[C@@H](CCCC[NH3+])C(=O)N[C@@H](CO)C(=O)N[C@@H](CCC(=O)O)C(=O)NCC(=O)NCC(=O)N[C@@H](CO)C(=O)N[C@@H](CC(N)=O)C(=O)O. The second-order valence-electron chi connectivity index (χ2n) is 13.4. The van der Waals surface area contributed by atoms with E-state index in [1.807, 2.05) is 10.6 Å². The van der Waals surface area contributed by atoms with Crippen LogP contribution in [0.1, 0.15) is 58.3 Å². The summed E-state index contributed by atoms with van der Waals surface area (Å²) in [6.07, 6.45) is -0.645. The number of rotatable bonds is 28. The standard InChI is InChI=1S/C33H53N11O16/c1-15(38-29(55)18-5-7-23(48)39-18)27(53)41-16(4-2-3-9-34)30(56)44-21(14-46)32(58)42-17(6-8-26(51)52)28(54)37-11-24(49)36-12-25(50)40-20(13-45)31(57)43-19(33(59)60)10-22(35)47/h15-21,45-46H,2-14,34H2,1H3,(H2,35,47)(H,36,49)(H,37,54)(H,38,55)(H,39,48)(H,40,50)(H,41,53)(H,42,58)(H,43,57)(H,44,56)(H,51,52)(H,59,60)/p+1/t15-,16-,17-,18-,19-,20-,21-/m0/s1. The Morgan fingerprint density at radius 1 is 0.700 bits per heavy atom. The molecule has 0 spiro atoms. The minimum Gasteiger partial charge on any atom is -0.481 e. The summed E-state index contributed by atoms with van der Waals surface area (Å²) in [5, 5.41) is 57.7. The lowest BCUT2D eigenvalue weighted by atomic mass is 10.1. The lowest BCUT2D eigenvalue weighted by molar-refractivity contribution is -0.368. The number of carbonyl (C=O) groups excluding carboxylic acids is 10. The van der Waals surface area contributed by atoms with Gasteiger partial charge in [-0.05, 0) is 39.0 Å². The van der Waals surface area contributed by atoms with Gasteiger partial charge in [0, 0.05) is 12.8 Å². The van der Waals surface area contributed by atoms with E-state index in [1.165, 1.54) is 6.92 Å². The number of hydrogen-bond donors (Lipinski definition) is 15. The fourth-order valence-electron chi connectivity index (χ4n) is 5.20. The molecule has 0 aromatic carbocycles. The van der Waals surface area contributed by atoms with Crippen LogP contribution in [0.3, 0.4) is 0 Å². The van der Waals surface area contributed by atoms with Crippen molar-refractivity contribution in [3.05, 3.63) is 0 Å². The summed E-state index contributed by atoms with van der Waals surface area (Å²) in [4.78, 5) is 147. The van der Waals surface area contributed by atoms with E-state index in [1.54, 1.807) is 0 Å². The number of nitrogens with one attached hydrogen (secondary N) is 9. The van der Waals surface area contributed by atoms with Crippen LogP contribution in [-0.2, 0) is 57.5 Å². The van der Waals surface area contributed by atoms with Crippen LogP contribution >= 0.6 is 0 Å². The van der Waals surface area contributed by atoms with Crippen molar-refractivity contribution in [2.75, 3.05) is 32.8 Å². The molecule has 7 atom stereocenters. The number of aliphatic hydroxyl groups is 2. The molecule has 1 heterocycles. The Kier molecular flexibility index (Phi) is 22.8. The van der Waals surface area contributed by atoms with Gasteiger partial charge in [-0.2, -0.15) is 0 Å². The molecule has 0 aliphatic carbocycles. The molecular weight excluding hydrogens is 806 g/mol. The van der Waals surface area contributed by atoms with E-state index >= 15 is 0 Å². The number of nitrogens with two attached hydrogens (primary N) is 1. The first kappa shape index (κ1) is 51.5. The van der Waals surface area contributed by atoms with Crippen LogP contribution in [0.4, 0.5) is 0 Å². The van der Waals surface area contributed by atoms with E-state index in [0.29, 0.717) is 19.4 Å². The normalized spacial score (nSPS) is 16.1. The van der Waals surface area contributed by atoms with Crippen LogP contribution < -0.4 is 59.3 Å². The Morgan fingerprint density at radius 3 is 1.77 bits per heavy atom. The van der Waals surface area contributed by atoms with E-state index in [4.69, 9.17) is 10.8 Å². The van der Waals surface area contributed by atoms with Gasteiger partial charge >= 0.3 is 11.9 Å². The van der Waals surface area contributed by atoms with Gasteiger partial charge in [0.1, 0.15) is 42.3 Å². The molecule has 27 nitrogen and oxygen atoms in total. The van der Waals surface area contributed by atoms with Crippen LogP contribution in [0.25, 0.3) is 0 Å². The molecule has 1 saturated heterocycles. The van der Waals surface area contributed by atoms with Crippen molar-refractivity contribution in [1.29, 1.82) is 0 Å². The highest BCUT2D eigenvalue weighted by Gasteiger charge is 2.33. The second-order valence-corrected chi connectivity index (χ2v) is 13.4. The third kappa shape index (κ3) is 19.3. The maximum absolute atomic E-state index is 13.3. The number of quaternary nitrogens is 1. The number of aliphatic hydroxyl groups excluding tert-OH is 2. The molecule has 0 saturated carbocycles. The van der Waals surface area contributed by atoms with Crippen LogP contribution in [0.5, 0.6) is 0 Å². The van der Waals surface area contributed by atoms with Gasteiger partial charge in [0.15, 0.2) is 0 Å². The van der Waals surface area contributed by atoms with Crippen molar-refractivity contribution in [2.24, 2.45) is 5.73 Å². The Labute approximate surface area is 341 Å². The summed E-state index contributed by atoms with van der Waals surface area (Å²) in [5.41, 5.74) is 8.66. The molecule has 1 aliphatic rings. The average molecular weight is 861 g/mol. The zero-order chi connectivity index (χ0) is 45.5. The first-order valence-corrected chi connectivity index (χ1v) is 18.6. The summed E-state index contributed by atoms with van der Waals surface area (Å²) in [7, 11) is 0. The quantitative estimate of drug-likeness (QED) is 0.0325. The number of aliphatic carboxylic acids is 2. The van der Waals surface area contributed by atoms with E-state index in [-0.39, 0.29) is 25.2 Å². The molecule has 0 radical (unpaired) electrons. The van der Waals surface area contributed by atoms with E-state index < -0.39 is 153 Å². The number of primary amides is 1. The second kappa shape index (κ2) is 26.5. The number of hydrogen-bond acceptors (Lipinski definition) is 14. The topological polar surface area (TPSA) is 448 Å². The number of amides is 10. The third-order valence-electron chi connectivity index (χ3n) is 8.51. The first-order valence-electron chi connectivity index (χ1n) is 18.6. The maximum Gasteiger partial charge on any atom is 0.326 e. The predicted molar refractivity (Wildman–Crippen MR) is 199 cm³/mol. The Hall–Kier alpha value is -6.48. The van der Waals surface area contributed by atoms with Crippen molar-refractivity contribution < 1.29 is 83.7 Å². The molecule has 1 rings (SSSR count). The molecular formula is C33H54N11O16+. The fraction of sp³-hybridized carbons (Fsp3) is 0.636. The largest absolute Gasteiger partial charge is 0.481 e. The Balaban J connectivity index is 2.86. The van der Waals surface area contributed by atoms with Crippen molar-refractivity contribution in [2.45, 2.75) is 101 Å². The smallest absolute Gasteiger partial charge is 0.326 e. The van der Waals surface area contributed by atoms with Gasteiger partial charge in [0.05, 0.1) is 39.3 Å². The van der Waals surface area contributed by atoms with E-state index in [9.17, 15) is 72.9 Å². The Morgan fingerprint density at radius 2 is 1.23 bits per heavy atom. The minimum atomic E-state index is -1.76. The van der Waals surface area contributed by atoms with Crippen molar-refractivity contribution in [3.63, 3.8) is 0 Å². The summed E-state index contributed by atoms with van der Waals surface area (Å²) in [6.45, 7) is -1.88. The highest BCUT2D eigenvalue weighted by Crippen LogP contribution is 2.08. The number of carbonyl (C=O) groups is 12. The summed E-state index contributed by atoms with van der Waals surface area (Å²) in [6, 6.07) is -10.1. The molecule has 336 valence electrons. The number of carboxylic acid groups (broad SMARTS) is 2. The molecule has 10 amide bonds. The van der Waals surface area contributed by atoms with Crippen molar-refractivity contribution >= 4 is 71.0 Å². The van der Waals surface area contributed by atoms with E-state index in [0.717, 1.165) is 0 Å². The third-order valence-corrected chi connectivity index (χ3v) is 8.51. The average Bonchev–Trinajstić information content (AvgIpc) is 3.63. The van der Waals surface area contributed by atoms with Gasteiger partial charge in [-0.25, -0.2) is 4.79 Å². The van der Waals surface area contributed by atoms with Crippen LogP contribution in [0.15, 0.2) is 0 Å². The molecule has 0 unspecified atom stereocenters. The molecule has 0 bridgehead atoms. The highest BCUT2D eigenvalue weighted by atomic mass is 16.4. The van der Waals surface area contributed by atoms with Crippen LogP contribution in [-0.4, -0.2) is 167 Å². The molecule has 18 N–H and O–H groups in total.